The Morgan fingerprint density at radius 3 is 1.78 bits per heavy atom. The third-order valence-electron chi connectivity index (χ3n) is 4.16. The minimum atomic E-state index is -0.281. The monoisotopic (exact) mass is 324 g/mol. The summed E-state index contributed by atoms with van der Waals surface area (Å²) >= 11 is 0. The summed E-state index contributed by atoms with van der Waals surface area (Å²) in [6.07, 6.45) is 23.4. The first kappa shape index (κ1) is 22.2. The molecule has 0 radical (unpaired) electrons. The molecule has 0 aromatic rings. The number of nitrogens with two attached hydrogens (primary N) is 1. The van der Waals surface area contributed by atoms with E-state index < -0.39 is 0 Å². The van der Waals surface area contributed by atoms with Gasteiger partial charge < -0.3 is 11.1 Å². The van der Waals surface area contributed by atoms with E-state index in [1.165, 1.54) is 77.0 Å². The molecule has 0 saturated carbocycles. The lowest BCUT2D eigenvalue weighted by atomic mass is 10.1. The van der Waals surface area contributed by atoms with E-state index in [0.29, 0.717) is 6.54 Å². The molecule has 0 unspecified atom stereocenters. The van der Waals surface area contributed by atoms with E-state index in [4.69, 9.17) is 5.73 Å². The molecule has 0 fully saturated rings. The quantitative estimate of drug-likeness (QED) is 0.272. The molecular weight excluding hydrogens is 284 g/mol. The molecule has 0 aromatic heterocycles. The Labute approximate surface area is 144 Å². The Balaban J connectivity index is 3.06. The van der Waals surface area contributed by atoms with Gasteiger partial charge in [0.05, 0.1) is 6.54 Å². The molecule has 136 valence electrons. The maximum absolute atomic E-state index is 10.5. The molecule has 1 amide bonds. The first-order valence-electron chi connectivity index (χ1n) is 9.91. The minimum absolute atomic E-state index is 0.281. The van der Waals surface area contributed by atoms with E-state index in [-0.39, 0.29) is 5.91 Å². The smallest absolute Gasteiger partial charge is 0.231 e. The summed E-state index contributed by atoms with van der Waals surface area (Å²) in [6, 6.07) is 0. The van der Waals surface area contributed by atoms with E-state index >= 15 is 0 Å². The van der Waals surface area contributed by atoms with Gasteiger partial charge in [0.25, 0.3) is 0 Å². The van der Waals surface area contributed by atoms with Crippen LogP contribution in [0, 0.1) is 0 Å². The van der Waals surface area contributed by atoms with Crippen LogP contribution in [0.5, 0.6) is 0 Å². The molecule has 3 N–H and O–H groups in total. The van der Waals surface area contributed by atoms with E-state index in [9.17, 15) is 4.79 Å². The van der Waals surface area contributed by atoms with Gasteiger partial charge in [-0.25, -0.2) is 0 Å². The zero-order valence-corrected chi connectivity index (χ0v) is 15.5. The van der Waals surface area contributed by atoms with Crippen molar-refractivity contribution in [2.24, 2.45) is 5.73 Å². The van der Waals surface area contributed by atoms with Crippen LogP contribution in [0.2, 0.25) is 0 Å². The van der Waals surface area contributed by atoms with Crippen molar-refractivity contribution in [1.29, 1.82) is 0 Å². The highest BCUT2D eigenvalue weighted by atomic mass is 16.1. The summed E-state index contributed by atoms with van der Waals surface area (Å²) in [5.74, 6) is -0.281. The van der Waals surface area contributed by atoms with E-state index in [2.05, 4.69) is 24.4 Å². The van der Waals surface area contributed by atoms with Crippen LogP contribution in [-0.4, -0.2) is 19.0 Å². The number of allylic oxidation sites excluding steroid dienone is 2. The van der Waals surface area contributed by atoms with Gasteiger partial charge in [-0.15, -0.1) is 0 Å². The van der Waals surface area contributed by atoms with E-state index in [1.54, 1.807) is 0 Å². The zero-order valence-electron chi connectivity index (χ0n) is 15.5. The van der Waals surface area contributed by atoms with Crippen LogP contribution >= 0.6 is 0 Å². The van der Waals surface area contributed by atoms with Crippen molar-refractivity contribution in [3.63, 3.8) is 0 Å². The van der Waals surface area contributed by atoms with Crippen molar-refractivity contribution < 1.29 is 4.79 Å². The van der Waals surface area contributed by atoms with E-state index in [1.807, 2.05) is 0 Å². The normalized spacial score (nSPS) is 11.3. The van der Waals surface area contributed by atoms with Gasteiger partial charge >= 0.3 is 0 Å². The standard InChI is InChI=1S/C20H40N2O/c1-2-3-4-5-6-7-8-9-10-11-12-13-14-15-16-17-18-22-19-20(21)23/h14-15,22H,2-13,16-19H2,1H3,(H2,21,23)/b15-14+. The first-order valence-corrected chi connectivity index (χ1v) is 9.91. The van der Waals surface area contributed by atoms with Crippen LogP contribution in [0.25, 0.3) is 0 Å². The summed E-state index contributed by atoms with van der Waals surface area (Å²) in [7, 11) is 0. The van der Waals surface area contributed by atoms with Gasteiger partial charge in [0, 0.05) is 0 Å². The predicted octanol–water partition coefficient (Wildman–Crippen LogP) is 5.10. The number of rotatable bonds is 18. The number of hydrogen-bond donors (Lipinski definition) is 2. The Bertz CT molecular complexity index is 277. The molecule has 23 heavy (non-hydrogen) atoms. The van der Waals surface area contributed by atoms with Crippen molar-refractivity contribution in [1.82, 2.24) is 5.32 Å². The number of amides is 1. The Kier molecular flexibility index (Phi) is 18.5. The zero-order chi connectivity index (χ0) is 17.0. The topological polar surface area (TPSA) is 55.1 Å². The van der Waals surface area contributed by atoms with Crippen molar-refractivity contribution in [2.75, 3.05) is 13.1 Å². The summed E-state index contributed by atoms with van der Waals surface area (Å²) in [4.78, 5) is 10.5. The number of nitrogens with one attached hydrogen (secondary N) is 1. The van der Waals surface area contributed by atoms with Crippen molar-refractivity contribution >= 4 is 5.91 Å². The highest BCUT2D eigenvalue weighted by Gasteiger charge is 1.93. The Morgan fingerprint density at radius 1 is 0.783 bits per heavy atom. The highest BCUT2D eigenvalue weighted by Crippen LogP contribution is 2.12. The van der Waals surface area contributed by atoms with Crippen molar-refractivity contribution in [3.05, 3.63) is 12.2 Å². The summed E-state index contributed by atoms with van der Waals surface area (Å²) in [5, 5.41) is 3.03. The largest absolute Gasteiger partial charge is 0.369 e. The average molecular weight is 325 g/mol. The van der Waals surface area contributed by atoms with Crippen LogP contribution in [0.4, 0.5) is 0 Å². The van der Waals surface area contributed by atoms with Gasteiger partial charge in [0.2, 0.25) is 5.91 Å². The molecule has 0 aliphatic heterocycles. The van der Waals surface area contributed by atoms with Crippen LogP contribution in [0.1, 0.15) is 96.8 Å². The molecule has 0 aliphatic rings. The molecular formula is C20H40N2O. The molecule has 0 saturated heterocycles. The molecule has 0 spiro atoms. The van der Waals surface area contributed by atoms with Crippen molar-refractivity contribution in [3.8, 4) is 0 Å². The van der Waals surface area contributed by atoms with Gasteiger partial charge in [-0.3, -0.25) is 4.79 Å². The SMILES string of the molecule is CCCCCCCCCCCCC/C=C/CCCNCC(N)=O. The summed E-state index contributed by atoms with van der Waals surface area (Å²) in [5.41, 5.74) is 5.05. The third kappa shape index (κ3) is 21.2. The molecule has 0 aliphatic carbocycles. The first-order chi connectivity index (χ1) is 11.3. The Morgan fingerprint density at radius 2 is 1.26 bits per heavy atom. The molecule has 0 bridgehead atoms. The predicted molar refractivity (Wildman–Crippen MR) is 102 cm³/mol. The lowest BCUT2D eigenvalue weighted by Crippen LogP contribution is -2.29. The van der Waals surface area contributed by atoms with Crippen LogP contribution < -0.4 is 11.1 Å². The van der Waals surface area contributed by atoms with Gasteiger partial charge in [-0.2, -0.15) is 0 Å². The van der Waals surface area contributed by atoms with Crippen molar-refractivity contribution in [2.45, 2.75) is 96.8 Å². The van der Waals surface area contributed by atoms with E-state index in [0.717, 1.165) is 19.4 Å². The maximum Gasteiger partial charge on any atom is 0.231 e. The Hall–Kier alpha value is -0.830. The highest BCUT2D eigenvalue weighted by molar-refractivity contribution is 5.75. The second kappa shape index (κ2) is 19.2. The molecule has 0 heterocycles. The average Bonchev–Trinajstić information content (AvgIpc) is 2.53. The number of carbonyl (C=O) groups excluding carboxylic acids is 1. The summed E-state index contributed by atoms with van der Waals surface area (Å²) < 4.78 is 0. The lowest BCUT2D eigenvalue weighted by Gasteiger charge is -2.02. The molecule has 3 heteroatoms. The lowest BCUT2D eigenvalue weighted by molar-refractivity contribution is -0.117. The fourth-order valence-corrected chi connectivity index (χ4v) is 2.72. The van der Waals surface area contributed by atoms with Gasteiger partial charge in [0.15, 0.2) is 0 Å². The minimum Gasteiger partial charge on any atom is -0.369 e. The summed E-state index contributed by atoms with van der Waals surface area (Å²) in [6.45, 7) is 3.44. The fraction of sp³-hybridized carbons (Fsp3) is 0.850. The number of primary amides is 1. The van der Waals surface area contributed by atoms with Crippen LogP contribution in [-0.2, 0) is 4.79 Å². The fourth-order valence-electron chi connectivity index (χ4n) is 2.72. The number of hydrogen-bond acceptors (Lipinski definition) is 2. The maximum atomic E-state index is 10.5. The molecule has 0 atom stereocenters. The van der Waals surface area contributed by atoms with Crippen LogP contribution in [0.3, 0.4) is 0 Å². The molecule has 0 rings (SSSR count). The van der Waals surface area contributed by atoms with Crippen LogP contribution in [0.15, 0.2) is 12.2 Å². The molecule has 0 aromatic carbocycles. The second-order valence-corrected chi connectivity index (χ2v) is 6.58. The van der Waals surface area contributed by atoms with Gasteiger partial charge in [-0.05, 0) is 32.2 Å². The van der Waals surface area contributed by atoms with Gasteiger partial charge in [-0.1, -0.05) is 83.3 Å². The third-order valence-corrected chi connectivity index (χ3v) is 4.16. The molecule has 3 nitrogen and oxygen atoms in total. The second-order valence-electron chi connectivity index (χ2n) is 6.58. The number of carbonyl (C=O) groups is 1. The van der Waals surface area contributed by atoms with Gasteiger partial charge in [0.1, 0.15) is 0 Å². The number of unbranched alkanes of at least 4 members (excludes halogenated alkanes) is 12.